The molecule has 4 fully saturated rings. The molecule has 13 heteroatoms. The summed E-state index contributed by atoms with van der Waals surface area (Å²) in [4.78, 5) is 91.7. The van der Waals surface area contributed by atoms with E-state index in [-0.39, 0.29) is 104 Å². The maximum atomic E-state index is 15.6. The summed E-state index contributed by atoms with van der Waals surface area (Å²) in [6, 6.07) is 32.5. The number of benzene rings is 4. The summed E-state index contributed by atoms with van der Waals surface area (Å²) in [5.41, 5.74) is 4.64. The van der Waals surface area contributed by atoms with E-state index in [1.165, 1.54) is 0 Å². The Morgan fingerprint density at radius 2 is 1.00 bits per heavy atom. The summed E-state index contributed by atoms with van der Waals surface area (Å²) in [6.07, 6.45) is 9.21. The van der Waals surface area contributed by atoms with Crippen LogP contribution in [0.2, 0.25) is 0 Å². The zero-order valence-corrected chi connectivity index (χ0v) is 47.2. The van der Waals surface area contributed by atoms with Gasteiger partial charge in [-0.1, -0.05) is 151 Å². The molecule has 79 heavy (non-hydrogen) atoms. The van der Waals surface area contributed by atoms with E-state index in [1.54, 1.807) is 43.9 Å². The fourth-order valence-corrected chi connectivity index (χ4v) is 12.6. The number of hydrogen-bond donors (Lipinski definition) is 1. The van der Waals surface area contributed by atoms with Gasteiger partial charge in [0, 0.05) is 74.3 Å². The van der Waals surface area contributed by atoms with E-state index in [9.17, 15) is 28.8 Å². The molecule has 0 aromatic heterocycles. The molecule has 4 aromatic rings. The average Bonchev–Trinajstić information content (AvgIpc) is 4.14. The van der Waals surface area contributed by atoms with Gasteiger partial charge in [-0.2, -0.15) is 0 Å². The molecule has 11 nitrogen and oxygen atoms in total. The van der Waals surface area contributed by atoms with Gasteiger partial charge in [-0.15, -0.1) is 0 Å². The minimum Gasteiger partial charge on any atom is -0.344 e. The van der Waals surface area contributed by atoms with E-state index in [4.69, 9.17) is 0 Å². The van der Waals surface area contributed by atoms with Gasteiger partial charge in [0.15, 0.2) is 0 Å². The third-order valence-electron chi connectivity index (χ3n) is 17.7. The van der Waals surface area contributed by atoms with E-state index in [0.29, 0.717) is 43.5 Å². The third-order valence-corrected chi connectivity index (χ3v) is 17.7. The number of alkyl halides is 2. The van der Waals surface area contributed by atoms with E-state index in [2.05, 4.69) is 5.32 Å². The van der Waals surface area contributed by atoms with Crippen molar-refractivity contribution < 1.29 is 37.5 Å². The molecule has 2 saturated carbocycles. The Morgan fingerprint density at radius 1 is 0.570 bits per heavy atom. The summed E-state index contributed by atoms with van der Waals surface area (Å²) in [7, 11) is 0. The van der Waals surface area contributed by atoms with Gasteiger partial charge in [0.05, 0.1) is 25.2 Å². The van der Waals surface area contributed by atoms with Crippen LogP contribution < -0.4 is 5.32 Å². The Labute approximate surface area is 468 Å². The fourth-order valence-electron chi connectivity index (χ4n) is 12.6. The zero-order chi connectivity index (χ0) is 56.0. The predicted octanol–water partition coefficient (Wildman–Crippen LogP) is 11.5. The van der Waals surface area contributed by atoms with Crippen molar-refractivity contribution >= 4 is 35.3 Å². The minimum absolute atomic E-state index is 0.0317. The van der Waals surface area contributed by atoms with Crippen LogP contribution in [0.4, 0.5) is 8.78 Å². The summed E-state index contributed by atoms with van der Waals surface area (Å²) >= 11 is 0. The molecule has 2 aliphatic heterocycles. The van der Waals surface area contributed by atoms with Crippen molar-refractivity contribution in [2.24, 2.45) is 29.6 Å². The van der Waals surface area contributed by atoms with Gasteiger partial charge in [-0.05, 0) is 103 Å². The van der Waals surface area contributed by atoms with Crippen molar-refractivity contribution in [2.45, 2.75) is 161 Å². The lowest BCUT2D eigenvalue weighted by molar-refractivity contribution is -0.142. The van der Waals surface area contributed by atoms with Gasteiger partial charge in [0.1, 0.15) is 24.2 Å². The second kappa shape index (κ2) is 28.3. The highest BCUT2D eigenvalue weighted by Gasteiger charge is 2.44. The monoisotopic (exact) mass is 1080 g/mol. The minimum atomic E-state index is -1.26. The summed E-state index contributed by atoms with van der Waals surface area (Å²) in [5, 5.41) is 3.10. The first-order valence-electron chi connectivity index (χ1n) is 29.8. The van der Waals surface area contributed by atoms with Gasteiger partial charge in [0.25, 0.3) is 11.8 Å². The smallest absolute Gasteiger partial charge is 0.253 e. The van der Waals surface area contributed by atoms with Crippen LogP contribution in [0.5, 0.6) is 0 Å². The quantitative estimate of drug-likeness (QED) is 0.0788. The number of amides is 5. The van der Waals surface area contributed by atoms with E-state index in [1.807, 2.05) is 113 Å². The van der Waals surface area contributed by atoms with Crippen LogP contribution in [-0.4, -0.2) is 125 Å². The number of nitrogens with zero attached hydrogens (tertiary/aromatic N) is 4. The van der Waals surface area contributed by atoms with Gasteiger partial charge >= 0.3 is 0 Å². The van der Waals surface area contributed by atoms with Crippen molar-refractivity contribution in [3.8, 4) is 11.1 Å². The number of nitrogens with one attached hydrogen (secondary N) is 1. The zero-order valence-electron chi connectivity index (χ0n) is 47.2. The average molecular weight is 1080 g/mol. The number of rotatable bonds is 23. The SMILES string of the molecule is CC[C@@H](C)C(=O)N[C@H](C(=O)N1C[C@H](F)C[C@H]1CN(CCc1ccccc1)C(=O)c1ccc(-c2ccc(C(=O)N(CCc3ccccc3)C[C@@H]3C[C@@H](F)CN3C(=O)[C@@H](CC(=O)C(C)C)C3CCCCC3)cc2)cc1)C1CCCCC1. The van der Waals surface area contributed by atoms with Gasteiger partial charge in [0.2, 0.25) is 17.7 Å². The second-order valence-corrected chi connectivity index (χ2v) is 23.6. The van der Waals surface area contributed by atoms with E-state index in [0.717, 1.165) is 86.5 Å². The number of ketones is 1. The van der Waals surface area contributed by atoms with Crippen molar-refractivity contribution in [2.75, 3.05) is 39.3 Å². The highest BCUT2D eigenvalue weighted by Crippen LogP contribution is 2.37. The number of carbonyl (C=O) groups is 6. The highest BCUT2D eigenvalue weighted by molar-refractivity contribution is 5.96. The van der Waals surface area contributed by atoms with Gasteiger partial charge in [-0.3, -0.25) is 28.8 Å². The number of Topliss-reactive ketones (excluding diaryl/α,β-unsaturated/α-hetero) is 1. The van der Waals surface area contributed by atoms with Crippen LogP contribution in [0.25, 0.3) is 11.1 Å². The Bertz CT molecular complexity index is 2640. The molecule has 0 radical (unpaired) electrons. The molecule has 7 atom stereocenters. The molecule has 0 unspecified atom stereocenters. The van der Waals surface area contributed by atoms with Crippen LogP contribution in [0.1, 0.15) is 149 Å². The predicted molar refractivity (Wildman–Crippen MR) is 306 cm³/mol. The normalized spacial score (nSPS) is 21.1. The van der Waals surface area contributed by atoms with Crippen molar-refractivity contribution in [1.29, 1.82) is 0 Å². The van der Waals surface area contributed by atoms with Crippen LogP contribution in [0.15, 0.2) is 109 Å². The number of carbonyl (C=O) groups excluding carboxylic acids is 6. The van der Waals surface area contributed by atoms with Gasteiger partial charge in [-0.25, -0.2) is 8.78 Å². The number of likely N-dealkylation sites (tertiary alicyclic amines) is 2. The lowest BCUT2D eigenvalue weighted by Crippen LogP contribution is -2.56. The van der Waals surface area contributed by atoms with E-state index < -0.39 is 36.4 Å². The molecule has 8 rings (SSSR count). The van der Waals surface area contributed by atoms with Crippen LogP contribution in [-0.2, 0) is 32.0 Å². The third kappa shape index (κ3) is 15.6. The molecule has 2 heterocycles. The first-order chi connectivity index (χ1) is 38.2. The first kappa shape index (κ1) is 58.9. The molecular weight excluding hydrogens is 997 g/mol. The van der Waals surface area contributed by atoms with Gasteiger partial charge < -0.3 is 24.9 Å². The molecule has 424 valence electrons. The van der Waals surface area contributed by atoms with Crippen molar-refractivity contribution in [3.05, 3.63) is 131 Å². The topological polar surface area (TPSA) is 127 Å². The van der Waals surface area contributed by atoms with Crippen molar-refractivity contribution in [1.82, 2.24) is 24.9 Å². The molecule has 0 bridgehead atoms. The molecule has 2 saturated heterocycles. The lowest BCUT2D eigenvalue weighted by atomic mass is 9.76. The lowest BCUT2D eigenvalue weighted by Gasteiger charge is -2.36. The molecule has 4 aliphatic rings. The molecule has 0 spiro atoms. The molecule has 4 aromatic carbocycles. The fraction of sp³-hybridized carbons (Fsp3) is 0.545. The Balaban J connectivity index is 0.985. The van der Waals surface area contributed by atoms with Crippen LogP contribution >= 0.6 is 0 Å². The van der Waals surface area contributed by atoms with E-state index >= 15 is 8.78 Å². The Morgan fingerprint density at radius 3 is 1.43 bits per heavy atom. The molecule has 2 aliphatic carbocycles. The summed E-state index contributed by atoms with van der Waals surface area (Å²) in [6.45, 7) is 8.39. The highest BCUT2D eigenvalue weighted by atomic mass is 19.1. The standard InChI is InChI=1S/C66H85F2N5O6/c1-5-46(4)62(75)69-61(52-24-16-9-17-25-52)66(79)73-42-56(68)39-58(73)44-71(37-35-48-20-12-7-13-21-48)64(77)54-32-28-50(29-33-54)49-26-30-53(31-27-49)63(76)70(36-34-47-18-10-6-11-19-47)43-57-38-55(67)41-72(57)65(78)59(40-60(74)45(2)3)51-22-14-8-15-23-51/h6-7,10-13,18-21,26-33,45-46,51-52,55-59,61H,5,8-9,14-17,22-25,34-44H2,1-4H3,(H,69,75)/t46-,55-,56-,57+,58+,59+,61+/m1/s1. The Kier molecular flexibility index (Phi) is 21.1. The molecular formula is C66H85F2N5O6. The number of hydrogen-bond acceptors (Lipinski definition) is 6. The Hall–Kier alpha value is -6.24. The van der Waals surface area contributed by atoms with Crippen LogP contribution in [0.3, 0.4) is 0 Å². The molecule has 5 amide bonds. The first-order valence-corrected chi connectivity index (χ1v) is 29.8. The van der Waals surface area contributed by atoms with Crippen LogP contribution in [0, 0.1) is 29.6 Å². The largest absolute Gasteiger partial charge is 0.344 e. The maximum Gasteiger partial charge on any atom is 0.253 e. The molecule has 1 N–H and O–H groups in total. The summed E-state index contributed by atoms with van der Waals surface area (Å²) in [5.74, 6) is -1.94. The summed E-state index contributed by atoms with van der Waals surface area (Å²) < 4.78 is 31.2. The number of halogens is 2. The second-order valence-electron chi connectivity index (χ2n) is 23.6. The maximum absolute atomic E-state index is 15.6. The van der Waals surface area contributed by atoms with Crippen molar-refractivity contribution in [3.63, 3.8) is 0 Å².